The predicted molar refractivity (Wildman–Crippen MR) is 67.0 cm³/mol. The van der Waals surface area contributed by atoms with Crippen LogP contribution in [0.15, 0.2) is 4.47 Å². The summed E-state index contributed by atoms with van der Waals surface area (Å²) >= 11 is 7.07. The first-order valence-electron chi connectivity index (χ1n) is 4.85. The van der Waals surface area contributed by atoms with Crippen LogP contribution in [0.2, 0.25) is 0 Å². The number of nitrogens with zero attached hydrogens (tertiary/aromatic N) is 2. The summed E-state index contributed by atoms with van der Waals surface area (Å²) in [5, 5.41) is 5.54. The zero-order valence-electron chi connectivity index (χ0n) is 8.85. The van der Waals surface area contributed by atoms with Gasteiger partial charge in [-0.1, -0.05) is 29.3 Å². The van der Waals surface area contributed by atoms with Gasteiger partial charge >= 0.3 is 0 Å². The fourth-order valence-electron chi connectivity index (χ4n) is 1.38. The summed E-state index contributed by atoms with van der Waals surface area (Å²) in [7, 11) is 0. The van der Waals surface area contributed by atoms with E-state index in [2.05, 4.69) is 55.5 Å². The van der Waals surface area contributed by atoms with Gasteiger partial charge in [0.15, 0.2) is 0 Å². The molecule has 0 N–H and O–H groups in total. The lowest BCUT2D eigenvalue weighted by molar-refractivity contribution is 0.439. The molecule has 0 radical (unpaired) electrons. The minimum Gasteiger partial charge on any atom is -0.268 e. The second-order valence-corrected chi connectivity index (χ2v) is 5.04. The number of halogens is 2. The summed E-state index contributed by atoms with van der Waals surface area (Å²) in [5.74, 6) is 0.667. The van der Waals surface area contributed by atoms with Crippen molar-refractivity contribution in [3.8, 4) is 0 Å². The maximum absolute atomic E-state index is 4.49. The van der Waals surface area contributed by atoms with Gasteiger partial charge in [-0.3, -0.25) is 4.68 Å². The fourth-order valence-corrected chi connectivity index (χ4v) is 2.33. The Morgan fingerprint density at radius 2 is 2.07 bits per heavy atom. The van der Waals surface area contributed by atoms with Gasteiger partial charge in [-0.15, -0.1) is 0 Å². The molecule has 1 atom stereocenters. The Hall–Kier alpha value is 0.170. The lowest BCUT2D eigenvalue weighted by atomic mass is 10.1. The van der Waals surface area contributed by atoms with E-state index < -0.39 is 0 Å². The topological polar surface area (TPSA) is 17.8 Å². The van der Waals surface area contributed by atoms with Gasteiger partial charge in [0.1, 0.15) is 0 Å². The van der Waals surface area contributed by atoms with E-state index in [1.807, 2.05) is 6.92 Å². The minimum atomic E-state index is 0.667. The van der Waals surface area contributed by atoms with Gasteiger partial charge in [0.05, 0.1) is 10.2 Å². The van der Waals surface area contributed by atoms with Crippen molar-refractivity contribution in [3.63, 3.8) is 0 Å². The van der Waals surface area contributed by atoms with Crippen molar-refractivity contribution >= 4 is 31.9 Å². The molecule has 0 amide bonds. The van der Waals surface area contributed by atoms with E-state index in [0.717, 1.165) is 22.0 Å². The van der Waals surface area contributed by atoms with Crippen LogP contribution in [0.1, 0.15) is 24.7 Å². The highest BCUT2D eigenvalue weighted by molar-refractivity contribution is 9.10. The number of alkyl halides is 1. The molecule has 80 valence electrons. The number of aromatic nitrogens is 2. The van der Waals surface area contributed by atoms with Crippen LogP contribution in [-0.4, -0.2) is 15.1 Å². The van der Waals surface area contributed by atoms with Gasteiger partial charge < -0.3 is 0 Å². The minimum absolute atomic E-state index is 0.667. The molecule has 4 heteroatoms. The van der Waals surface area contributed by atoms with Crippen molar-refractivity contribution in [1.82, 2.24) is 9.78 Å². The summed E-state index contributed by atoms with van der Waals surface area (Å²) in [5.41, 5.74) is 2.30. The Kier molecular flexibility index (Phi) is 4.64. The van der Waals surface area contributed by atoms with Crippen molar-refractivity contribution in [2.24, 2.45) is 5.92 Å². The molecule has 0 fully saturated rings. The third-order valence-electron chi connectivity index (χ3n) is 2.52. The first-order chi connectivity index (χ1) is 6.60. The van der Waals surface area contributed by atoms with E-state index >= 15 is 0 Å². The molecular weight excluding hydrogens is 308 g/mol. The summed E-state index contributed by atoms with van der Waals surface area (Å²) < 4.78 is 3.23. The Morgan fingerprint density at radius 1 is 1.43 bits per heavy atom. The number of hydrogen-bond donors (Lipinski definition) is 0. The molecule has 1 aromatic rings. The zero-order valence-corrected chi connectivity index (χ0v) is 12.0. The summed E-state index contributed by atoms with van der Waals surface area (Å²) in [6, 6.07) is 0. The second kappa shape index (κ2) is 5.31. The highest BCUT2D eigenvalue weighted by Gasteiger charge is 2.12. The first kappa shape index (κ1) is 12.2. The van der Waals surface area contributed by atoms with Crippen LogP contribution in [0.5, 0.6) is 0 Å². The van der Waals surface area contributed by atoms with Crippen LogP contribution in [0.3, 0.4) is 0 Å². The largest absolute Gasteiger partial charge is 0.268 e. The van der Waals surface area contributed by atoms with Gasteiger partial charge in [-0.25, -0.2) is 0 Å². The maximum Gasteiger partial charge on any atom is 0.0738 e. The van der Waals surface area contributed by atoms with E-state index in [-0.39, 0.29) is 0 Å². The smallest absolute Gasteiger partial charge is 0.0738 e. The lowest BCUT2D eigenvalue weighted by Crippen LogP contribution is -2.13. The van der Waals surface area contributed by atoms with E-state index in [1.165, 1.54) is 12.1 Å². The molecule has 0 aliphatic heterocycles. The second-order valence-electron chi connectivity index (χ2n) is 3.60. The van der Waals surface area contributed by atoms with Crippen molar-refractivity contribution in [2.75, 3.05) is 5.33 Å². The summed E-state index contributed by atoms with van der Waals surface area (Å²) in [4.78, 5) is 0. The molecule has 0 aliphatic carbocycles. The Bertz CT molecular complexity index is 303. The zero-order chi connectivity index (χ0) is 10.7. The molecule has 0 bridgehead atoms. The van der Waals surface area contributed by atoms with E-state index in [1.54, 1.807) is 0 Å². The fraction of sp³-hybridized carbons (Fsp3) is 0.700. The van der Waals surface area contributed by atoms with Crippen LogP contribution in [-0.2, 0) is 6.54 Å². The third kappa shape index (κ3) is 2.60. The highest BCUT2D eigenvalue weighted by Crippen LogP contribution is 2.21. The van der Waals surface area contributed by atoms with Crippen molar-refractivity contribution < 1.29 is 0 Å². The first-order valence-corrected chi connectivity index (χ1v) is 6.77. The Balaban J connectivity index is 2.81. The Labute approximate surface area is 102 Å². The molecule has 0 saturated carbocycles. The number of hydrogen-bond acceptors (Lipinski definition) is 1. The molecule has 1 rings (SSSR count). The quantitative estimate of drug-likeness (QED) is 0.773. The van der Waals surface area contributed by atoms with Crippen molar-refractivity contribution in [3.05, 3.63) is 15.9 Å². The molecule has 1 unspecified atom stereocenters. The van der Waals surface area contributed by atoms with Crippen LogP contribution >= 0.6 is 31.9 Å². The van der Waals surface area contributed by atoms with Gasteiger partial charge in [0.25, 0.3) is 0 Å². The van der Waals surface area contributed by atoms with Crippen LogP contribution in [0, 0.1) is 19.8 Å². The van der Waals surface area contributed by atoms with E-state index in [9.17, 15) is 0 Å². The molecule has 0 spiro atoms. The Morgan fingerprint density at radius 3 is 2.43 bits per heavy atom. The number of aryl methyl sites for hydroxylation is 1. The van der Waals surface area contributed by atoms with Gasteiger partial charge in [0.2, 0.25) is 0 Å². The molecule has 0 aliphatic rings. The van der Waals surface area contributed by atoms with E-state index in [4.69, 9.17) is 0 Å². The summed E-state index contributed by atoms with van der Waals surface area (Å²) in [6.45, 7) is 7.35. The molecule has 0 saturated heterocycles. The van der Waals surface area contributed by atoms with E-state index in [0.29, 0.717) is 5.92 Å². The summed E-state index contributed by atoms with van der Waals surface area (Å²) in [6.07, 6.45) is 1.18. The van der Waals surface area contributed by atoms with Crippen molar-refractivity contribution in [2.45, 2.75) is 33.7 Å². The monoisotopic (exact) mass is 322 g/mol. The SMILES string of the molecule is CCC(CBr)Cn1nc(C)c(Br)c1C. The average Bonchev–Trinajstić information content (AvgIpc) is 2.42. The highest BCUT2D eigenvalue weighted by atomic mass is 79.9. The van der Waals surface area contributed by atoms with Gasteiger partial charge in [-0.2, -0.15) is 5.10 Å². The molecular formula is C10H16Br2N2. The van der Waals surface area contributed by atoms with Crippen LogP contribution < -0.4 is 0 Å². The van der Waals surface area contributed by atoms with Crippen LogP contribution in [0.4, 0.5) is 0 Å². The molecule has 0 aromatic carbocycles. The van der Waals surface area contributed by atoms with Gasteiger partial charge in [0, 0.05) is 17.6 Å². The maximum atomic E-state index is 4.49. The lowest BCUT2D eigenvalue weighted by Gasteiger charge is -2.12. The molecule has 1 aromatic heterocycles. The standard InChI is InChI=1S/C10H16Br2N2/c1-4-9(5-11)6-14-8(3)10(12)7(2)13-14/h9H,4-6H2,1-3H3. The molecule has 14 heavy (non-hydrogen) atoms. The van der Waals surface area contributed by atoms with Gasteiger partial charge in [-0.05, 0) is 35.7 Å². The number of rotatable bonds is 4. The average molecular weight is 324 g/mol. The van der Waals surface area contributed by atoms with Crippen LogP contribution in [0.25, 0.3) is 0 Å². The van der Waals surface area contributed by atoms with Crippen molar-refractivity contribution in [1.29, 1.82) is 0 Å². The normalized spacial score (nSPS) is 13.2. The molecule has 1 heterocycles. The third-order valence-corrected chi connectivity index (χ3v) is 4.58. The predicted octanol–water partition coefficient (Wildman–Crippen LogP) is 3.68. The molecule has 2 nitrogen and oxygen atoms in total.